The van der Waals surface area contributed by atoms with Crippen LogP contribution in [0.3, 0.4) is 0 Å². The Morgan fingerprint density at radius 2 is 2.22 bits per heavy atom. The third-order valence-electron chi connectivity index (χ3n) is 4.25. The van der Waals surface area contributed by atoms with Gasteiger partial charge in [0, 0.05) is 38.8 Å². The van der Waals surface area contributed by atoms with Gasteiger partial charge in [0.15, 0.2) is 0 Å². The van der Waals surface area contributed by atoms with Gasteiger partial charge in [0.05, 0.1) is 17.6 Å². The molecule has 0 aliphatic carbocycles. The summed E-state index contributed by atoms with van der Waals surface area (Å²) in [5.74, 6) is 0.680. The molecule has 1 atom stereocenters. The van der Waals surface area contributed by atoms with Crippen LogP contribution in [0.15, 0.2) is 35.8 Å². The van der Waals surface area contributed by atoms with Crippen molar-refractivity contribution in [1.82, 2.24) is 15.6 Å². The SMILES string of the molecule is CC1CN(c2ccc(CNC(=O)CCNC(=O)c3cccs3)cn2)CCO1. The molecule has 2 aromatic heterocycles. The largest absolute Gasteiger partial charge is 0.375 e. The third-order valence-corrected chi connectivity index (χ3v) is 5.12. The number of amides is 2. The van der Waals surface area contributed by atoms with Gasteiger partial charge in [-0.15, -0.1) is 11.3 Å². The summed E-state index contributed by atoms with van der Waals surface area (Å²) < 4.78 is 5.54. The number of thiophene rings is 1. The van der Waals surface area contributed by atoms with E-state index in [1.165, 1.54) is 11.3 Å². The minimum atomic E-state index is -0.144. The smallest absolute Gasteiger partial charge is 0.261 e. The summed E-state index contributed by atoms with van der Waals surface area (Å²) in [7, 11) is 0. The van der Waals surface area contributed by atoms with Gasteiger partial charge < -0.3 is 20.3 Å². The molecular formula is C19H24N4O3S. The maximum Gasteiger partial charge on any atom is 0.261 e. The van der Waals surface area contributed by atoms with Crippen LogP contribution in [-0.4, -0.2) is 49.1 Å². The van der Waals surface area contributed by atoms with Crippen LogP contribution in [0.1, 0.15) is 28.6 Å². The molecule has 1 aliphatic heterocycles. The quantitative estimate of drug-likeness (QED) is 0.756. The van der Waals surface area contributed by atoms with E-state index in [9.17, 15) is 9.59 Å². The molecule has 2 aromatic rings. The Bertz CT molecular complexity index is 749. The van der Waals surface area contributed by atoms with Crippen molar-refractivity contribution in [2.24, 2.45) is 0 Å². The standard InChI is InChI=1S/C19H24N4O3S/c1-14-13-23(8-9-26-14)17-5-4-15(11-21-17)12-22-18(24)6-7-20-19(25)16-3-2-10-27-16/h2-5,10-11,14H,6-9,12-13H2,1H3,(H,20,25)(H,22,24). The van der Waals surface area contributed by atoms with Crippen LogP contribution < -0.4 is 15.5 Å². The maximum atomic E-state index is 11.9. The van der Waals surface area contributed by atoms with Crippen molar-refractivity contribution < 1.29 is 14.3 Å². The van der Waals surface area contributed by atoms with E-state index in [0.717, 1.165) is 24.5 Å². The van der Waals surface area contributed by atoms with Crippen LogP contribution in [0, 0.1) is 0 Å². The Labute approximate surface area is 162 Å². The molecule has 2 N–H and O–H groups in total. The number of carbonyl (C=O) groups is 2. The molecule has 0 spiro atoms. The van der Waals surface area contributed by atoms with Gasteiger partial charge in [-0.2, -0.15) is 0 Å². The topological polar surface area (TPSA) is 83.6 Å². The van der Waals surface area contributed by atoms with Crippen LogP contribution in [0.2, 0.25) is 0 Å². The van der Waals surface area contributed by atoms with Crippen molar-refractivity contribution >= 4 is 29.0 Å². The predicted octanol–water partition coefficient (Wildman–Crippen LogP) is 1.80. The Morgan fingerprint density at radius 1 is 1.33 bits per heavy atom. The number of ether oxygens (including phenoxy) is 1. The highest BCUT2D eigenvalue weighted by atomic mass is 32.1. The number of aromatic nitrogens is 1. The lowest BCUT2D eigenvalue weighted by Gasteiger charge is -2.32. The summed E-state index contributed by atoms with van der Waals surface area (Å²) >= 11 is 1.38. The Kier molecular flexibility index (Phi) is 6.78. The number of anilines is 1. The number of nitrogens with one attached hydrogen (secondary N) is 2. The zero-order chi connectivity index (χ0) is 19.1. The van der Waals surface area contributed by atoms with Gasteiger partial charge in [-0.1, -0.05) is 12.1 Å². The van der Waals surface area contributed by atoms with Gasteiger partial charge in [0.25, 0.3) is 5.91 Å². The van der Waals surface area contributed by atoms with Crippen LogP contribution in [0.4, 0.5) is 5.82 Å². The molecule has 144 valence electrons. The number of hydrogen-bond donors (Lipinski definition) is 2. The number of nitrogens with zero attached hydrogens (tertiary/aromatic N) is 2. The second-order valence-corrected chi connectivity index (χ2v) is 7.36. The van der Waals surface area contributed by atoms with Crippen LogP contribution in [0.25, 0.3) is 0 Å². The summed E-state index contributed by atoms with van der Waals surface area (Å²) in [6.45, 7) is 5.17. The molecule has 3 rings (SSSR count). The van der Waals surface area contributed by atoms with Gasteiger partial charge in [-0.3, -0.25) is 9.59 Å². The van der Waals surface area contributed by atoms with Gasteiger partial charge in [-0.05, 0) is 30.0 Å². The number of hydrogen-bond acceptors (Lipinski definition) is 6. The fourth-order valence-electron chi connectivity index (χ4n) is 2.81. The molecule has 0 saturated carbocycles. The van der Waals surface area contributed by atoms with Crippen molar-refractivity contribution in [1.29, 1.82) is 0 Å². The van der Waals surface area contributed by atoms with Gasteiger partial charge in [0.2, 0.25) is 5.91 Å². The van der Waals surface area contributed by atoms with E-state index in [2.05, 4.69) is 27.4 Å². The van der Waals surface area contributed by atoms with Crippen molar-refractivity contribution in [3.63, 3.8) is 0 Å². The minimum absolute atomic E-state index is 0.104. The number of pyridine rings is 1. The third kappa shape index (κ3) is 5.77. The highest BCUT2D eigenvalue weighted by Gasteiger charge is 2.17. The molecule has 1 unspecified atom stereocenters. The normalized spacial score (nSPS) is 16.8. The number of rotatable bonds is 7. The summed E-state index contributed by atoms with van der Waals surface area (Å²) in [6, 6.07) is 7.53. The molecule has 0 aromatic carbocycles. The van der Waals surface area contributed by atoms with Crippen molar-refractivity contribution in [3.8, 4) is 0 Å². The molecule has 1 saturated heterocycles. The first kappa shape index (κ1) is 19.3. The Morgan fingerprint density at radius 3 is 2.93 bits per heavy atom. The lowest BCUT2D eigenvalue weighted by atomic mass is 10.2. The molecule has 0 radical (unpaired) electrons. The molecule has 3 heterocycles. The van der Waals surface area contributed by atoms with E-state index in [0.29, 0.717) is 24.6 Å². The molecule has 2 amide bonds. The molecule has 0 bridgehead atoms. The average Bonchev–Trinajstić information content (AvgIpc) is 3.22. The summed E-state index contributed by atoms with van der Waals surface area (Å²) in [5.41, 5.74) is 0.941. The number of morpholine rings is 1. The summed E-state index contributed by atoms with van der Waals surface area (Å²) in [4.78, 5) is 31.1. The molecule has 8 heteroatoms. The fourth-order valence-corrected chi connectivity index (χ4v) is 3.45. The zero-order valence-electron chi connectivity index (χ0n) is 15.3. The molecule has 7 nitrogen and oxygen atoms in total. The average molecular weight is 388 g/mol. The van der Waals surface area contributed by atoms with Crippen LogP contribution in [-0.2, 0) is 16.1 Å². The van der Waals surface area contributed by atoms with Crippen molar-refractivity contribution in [3.05, 3.63) is 46.3 Å². The lowest BCUT2D eigenvalue weighted by molar-refractivity contribution is -0.121. The van der Waals surface area contributed by atoms with E-state index in [1.54, 1.807) is 12.3 Å². The van der Waals surface area contributed by atoms with E-state index in [4.69, 9.17) is 4.74 Å². The molecule has 27 heavy (non-hydrogen) atoms. The Hall–Kier alpha value is -2.45. The predicted molar refractivity (Wildman–Crippen MR) is 105 cm³/mol. The summed E-state index contributed by atoms with van der Waals surface area (Å²) in [6.07, 6.45) is 2.24. The van der Waals surface area contributed by atoms with Gasteiger partial charge >= 0.3 is 0 Å². The van der Waals surface area contributed by atoms with E-state index >= 15 is 0 Å². The minimum Gasteiger partial charge on any atom is -0.375 e. The van der Waals surface area contributed by atoms with E-state index < -0.39 is 0 Å². The molecule has 1 aliphatic rings. The highest BCUT2D eigenvalue weighted by molar-refractivity contribution is 7.12. The van der Waals surface area contributed by atoms with Crippen molar-refractivity contribution in [2.75, 3.05) is 31.1 Å². The van der Waals surface area contributed by atoms with E-state index in [1.807, 2.05) is 23.6 Å². The van der Waals surface area contributed by atoms with Crippen molar-refractivity contribution in [2.45, 2.75) is 26.0 Å². The summed E-state index contributed by atoms with van der Waals surface area (Å²) in [5, 5.41) is 7.44. The first-order valence-corrected chi connectivity index (χ1v) is 9.89. The monoisotopic (exact) mass is 388 g/mol. The van der Waals surface area contributed by atoms with E-state index in [-0.39, 0.29) is 24.3 Å². The second kappa shape index (κ2) is 9.48. The van der Waals surface area contributed by atoms with Gasteiger partial charge in [-0.25, -0.2) is 4.98 Å². The Balaban J connectivity index is 1.38. The van der Waals surface area contributed by atoms with Crippen LogP contribution in [0.5, 0.6) is 0 Å². The lowest BCUT2D eigenvalue weighted by Crippen LogP contribution is -2.41. The fraction of sp³-hybridized carbons (Fsp3) is 0.421. The highest BCUT2D eigenvalue weighted by Crippen LogP contribution is 2.15. The second-order valence-electron chi connectivity index (χ2n) is 6.41. The van der Waals surface area contributed by atoms with Gasteiger partial charge in [0.1, 0.15) is 5.82 Å². The maximum absolute atomic E-state index is 11.9. The zero-order valence-corrected chi connectivity index (χ0v) is 16.1. The molecular weight excluding hydrogens is 364 g/mol. The van der Waals surface area contributed by atoms with Crippen LogP contribution >= 0.6 is 11.3 Å². The first-order valence-electron chi connectivity index (χ1n) is 9.01. The first-order chi connectivity index (χ1) is 13.1. The number of carbonyl (C=O) groups excluding carboxylic acids is 2. The molecule has 1 fully saturated rings.